The Balaban J connectivity index is 1.41. The van der Waals surface area contributed by atoms with Crippen molar-refractivity contribution in [2.45, 2.75) is 0 Å². The number of benzene rings is 5. The summed E-state index contributed by atoms with van der Waals surface area (Å²) >= 11 is 0. The van der Waals surface area contributed by atoms with Crippen LogP contribution in [-0.4, -0.2) is 11.9 Å². The summed E-state index contributed by atoms with van der Waals surface area (Å²) in [6, 6.07) is 13.6. The molecular formula is C28H12F6O4. The second kappa shape index (κ2) is 9.55. The fourth-order valence-corrected chi connectivity index (χ4v) is 3.87. The fraction of sp³-hybridized carbons (Fsp3) is 0. The fourth-order valence-electron chi connectivity index (χ4n) is 3.87. The molecule has 0 amide bonds. The van der Waals surface area contributed by atoms with Crippen molar-refractivity contribution in [1.82, 2.24) is 0 Å². The second-order valence-electron chi connectivity index (χ2n) is 8.14. The Bertz CT molecular complexity index is 1610. The molecule has 0 fully saturated rings. The van der Waals surface area contributed by atoms with Crippen molar-refractivity contribution in [2.24, 2.45) is 0 Å². The lowest BCUT2D eigenvalue weighted by Crippen LogP contribution is -2.13. The molecule has 0 aliphatic heterocycles. The zero-order chi connectivity index (χ0) is 27.1. The SMILES string of the molecule is O=C(Oc1ccc2cc3cc(OC(=O)c4c(F)cc(F)cc4F)ccc3cc2c1)c1c(F)cc(F)cc1F. The van der Waals surface area contributed by atoms with Crippen LogP contribution in [-0.2, 0) is 0 Å². The monoisotopic (exact) mass is 526 g/mol. The summed E-state index contributed by atoms with van der Waals surface area (Å²) in [7, 11) is 0. The van der Waals surface area contributed by atoms with E-state index in [1.165, 1.54) is 24.3 Å². The average Bonchev–Trinajstić information content (AvgIpc) is 2.81. The summed E-state index contributed by atoms with van der Waals surface area (Å²) in [5.74, 6) is -10.7. The molecule has 5 aromatic carbocycles. The number of halogens is 6. The number of hydrogen-bond acceptors (Lipinski definition) is 4. The number of carbonyl (C=O) groups excluding carboxylic acids is 2. The number of carbonyl (C=O) groups is 2. The highest BCUT2D eigenvalue weighted by atomic mass is 19.2. The minimum absolute atomic E-state index is 0.0288. The van der Waals surface area contributed by atoms with Gasteiger partial charge >= 0.3 is 11.9 Å². The maximum absolute atomic E-state index is 13.9. The van der Waals surface area contributed by atoms with Gasteiger partial charge in [0.1, 0.15) is 57.5 Å². The maximum atomic E-state index is 13.9. The van der Waals surface area contributed by atoms with Gasteiger partial charge in [0.2, 0.25) is 0 Å². The van der Waals surface area contributed by atoms with E-state index in [2.05, 4.69) is 0 Å². The molecule has 0 radical (unpaired) electrons. The molecule has 4 nitrogen and oxygen atoms in total. The van der Waals surface area contributed by atoms with Gasteiger partial charge in [0.15, 0.2) is 0 Å². The van der Waals surface area contributed by atoms with Crippen molar-refractivity contribution in [1.29, 1.82) is 0 Å². The van der Waals surface area contributed by atoms with Crippen molar-refractivity contribution in [3.8, 4) is 11.5 Å². The highest BCUT2D eigenvalue weighted by molar-refractivity contribution is 6.00. The normalized spacial score (nSPS) is 11.1. The molecule has 10 heteroatoms. The Morgan fingerprint density at radius 3 is 1.13 bits per heavy atom. The van der Waals surface area contributed by atoms with Crippen molar-refractivity contribution in [3.63, 3.8) is 0 Å². The first-order chi connectivity index (χ1) is 18.1. The molecule has 0 aromatic heterocycles. The van der Waals surface area contributed by atoms with Crippen molar-refractivity contribution in [3.05, 3.63) is 119 Å². The molecule has 190 valence electrons. The first-order valence-corrected chi connectivity index (χ1v) is 10.8. The van der Waals surface area contributed by atoms with Crippen LogP contribution in [0, 0.1) is 34.9 Å². The van der Waals surface area contributed by atoms with E-state index >= 15 is 0 Å². The van der Waals surface area contributed by atoms with E-state index in [1.54, 1.807) is 24.3 Å². The van der Waals surface area contributed by atoms with E-state index in [9.17, 15) is 35.9 Å². The molecule has 0 aliphatic rings. The molecule has 0 heterocycles. The molecule has 0 saturated carbocycles. The van der Waals surface area contributed by atoms with Gasteiger partial charge < -0.3 is 9.47 Å². The van der Waals surface area contributed by atoms with E-state index in [0.29, 0.717) is 45.8 Å². The van der Waals surface area contributed by atoms with Crippen LogP contribution in [0.2, 0.25) is 0 Å². The smallest absolute Gasteiger partial charge is 0.349 e. The summed E-state index contributed by atoms with van der Waals surface area (Å²) in [6.45, 7) is 0. The zero-order valence-corrected chi connectivity index (χ0v) is 18.8. The van der Waals surface area contributed by atoms with Crippen LogP contribution >= 0.6 is 0 Å². The predicted octanol–water partition coefficient (Wildman–Crippen LogP) is 7.27. The van der Waals surface area contributed by atoms with Crippen LogP contribution in [0.4, 0.5) is 26.3 Å². The molecule has 0 saturated heterocycles. The van der Waals surface area contributed by atoms with Crippen LogP contribution in [0.5, 0.6) is 11.5 Å². The van der Waals surface area contributed by atoms with Crippen LogP contribution in [0.25, 0.3) is 21.5 Å². The standard InChI is InChI=1S/C28H12F6O4/c29-17-9-21(31)25(22(32)10-17)27(35)37-19-3-1-13-5-16-8-20(4-2-14(16)6-15(13)7-19)38-28(36)26-23(33)11-18(30)12-24(26)34/h1-12H. The average molecular weight is 526 g/mol. The Morgan fingerprint density at radius 2 is 0.789 bits per heavy atom. The van der Waals surface area contributed by atoms with Gasteiger partial charge in [0.25, 0.3) is 0 Å². The van der Waals surface area contributed by atoms with E-state index in [0.717, 1.165) is 0 Å². The van der Waals surface area contributed by atoms with E-state index in [4.69, 9.17) is 9.47 Å². The molecular weight excluding hydrogens is 514 g/mol. The van der Waals surface area contributed by atoms with E-state index in [1.807, 2.05) is 0 Å². The molecule has 38 heavy (non-hydrogen) atoms. The summed E-state index contributed by atoms with van der Waals surface area (Å²) < 4.78 is 91.9. The highest BCUT2D eigenvalue weighted by Crippen LogP contribution is 2.30. The second-order valence-corrected chi connectivity index (χ2v) is 8.14. The minimum atomic E-state index is -1.40. The number of hydrogen-bond donors (Lipinski definition) is 0. The zero-order valence-electron chi connectivity index (χ0n) is 18.8. The molecule has 0 N–H and O–H groups in total. The third kappa shape index (κ3) is 4.75. The summed E-state index contributed by atoms with van der Waals surface area (Å²) in [5.41, 5.74) is -2.07. The Labute approximate surface area is 209 Å². The summed E-state index contributed by atoms with van der Waals surface area (Å²) in [4.78, 5) is 24.5. The van der Waals surface area contributed by atoms with Crippen LogP contribution < -0.4 is 9.47 Å². The molecule has 5 rings (SSSR count). The third-order valence-electron chi connectivity index (χ3n) is 5.58. The lowest BCUT2D eigenvalue weighted by atomic mass is 10.0. The molecule has 0 unspecified atom stereocenters. The number of rotatable bonds is 4. The quantitative estimate of drug-likeness (QED) is 0.107. The van der Waals surface area contributed by atoms with Crippen molar-refractivity contribution in [2.75, 3.05) is 0 Å². The first kappa shape index (κ1) is 24.8. The summed E-state index contributed by atoms with van der Waals surface area (Å²) in [6.07, 6.45) is 0. The number of fused-ring (bicyclic) bond motifs is 2. The molecule has 0 bridgehead atoms. The largest absolute Gasteiger partial charge is 0.423 e. The number of ether oxygens (including phenoxy) is 2. The summed E-state index contributed by atoms with van der Waals surface area (Å²) in [5, 5.41) is 2.41. The molecule has 5 aromatic rings. The lowest BCUT2D eigenvalue weighted by Gasteiger charge is -2.10. The molecule has 0 spiro atoms. The van der Waals surface area contributed by atoms with Gasteiger partial charge in [-0.2, -0.15) is 0 Å². The number of esters is 2. The van der Waals surface area contributed by atoms with Gasteiger partial charge in [0.05, 0.1) is 0 Å². The van der Waals surface area contributed by atoms with Crippen LogP contribution in [0.3, 0.4) is 0 Å². The topological polar surface area (TPSA) is 52.6 Å². The minimum Gasteiger partial charge on any atom is -0.423 e. The Hall–Kier alpha value is -4.86. The van der Waals surface area contributed by atoms with E-state index < -0.39 is 58.0 Å². The third-order valence-corrected chi connectivity index (χ3v) is 5.58. The Kier molecular flexibility index (Phi) is 6.23. The van der Waals surface area contributed by atoms with Gasteiger partial charge in [-0.1, -0.05) is 12.1 Å². The van der Waals surface area contributed by atoms with Gasteiger partial charge in [-0.05, 0) is 57.9 Å². The van der Waals surface area contributed by atoms with E-state index in [-0.39, 0.29) is 11.5 Å². The van der Waals surface area contributed by atoms with Gasteiger partial charge in [0, 0.05) is 24.3 Å². The molecule has 0 aliphatic carbocycles. The predicted molar refractivity (Wildman–Crippen MR) is 124 cm³/mol. The van der Waals surface area contributed by atoms with Gasteiger partial charge in [-0.3, -0.25) is 0 Å². The van der Waals surface area contributed by atoms with Gasteiger partial charge in [-0.25, -0.2) is 35.9 Å². The van der Waals surface area contributed by atoms with Crippen molar-refractivity contribution < 1.29 is 45.4 Å². The lowest BCUT2D eigenvalue weighted by molar-refractivity contribution is 0.0714. The first-order valence-electron chi connectivity index (χ1n) is 10.8. The van der Waals surface area contributed by atoms with Crippen LogP contribution in [0.1, 0.15) is 20.7 Å². The van der Waals surface area contributed by atoms with Crippen LogP contribution in [0.15, 0.2) is 72.8 Å². The van der Waals surface area contributed by atoms with Crippen molar-refractivity contribution >= 4 is 33.5 Å². The maximum Gasteiger partial charge on any atom is 0.349 e. The molecule has 0 atom stereocenters. The van der Waals surface area contributed by atoms with Gasteiger partial charge in [-0.15, -0.1) is 0 Å². The highest BCUT2D eigenvalue weighted by Gasteiger charge is 2.22. The Morgan fingerprint density at radius 1 is 0.447 bits per heavy atom.